The summed E-state index contributed by atoms with van der Waals surface area (Å²) in [6.45, 7) is 6.76. The van der Waals surface area contributed by atoms with Crippen LogP contribution in [-0.2, 0) is 20.7 Å². The van der Waals surface area contributed by atoms with Crippen molar-refractivity contribution in [2.45, 2.75) is 45.8 Å². The monoisotopic (exact) mass is 419 g/mol. The summed E-state index contributed by atoms with van der Waals surface area (Å²) in [4.78, 5) is 40.3. The van der Waals surface area contributed by atoms with Gasteiger partial charge in [0.05, 0.1) is 19.2 Å². The standard InChI is InChI=1S/C20H25N3O5S/c1-12(17(25)22-19(26)23-20(2,3)4)28-16(24)10-14-11-29-18(21-14)13-6-8-15(27-5)9-7-13/h6-9,11-12H,10H2,1-5H3,(H2,22,23,25,26)/t12-/m0/s1. The van der Waals surface area contributed by atoms with Gasteiger partial charge in [-0.25, -0.2) is 9.78 Å². The van der Waals surface area contributed by atoms with E-state index < -0.39 is 29.6 Å². The van der Waals surface area contributed by atoms with Crippen molar-refractivity contribution in [2.75, 3.05) is 7.11 Å². The lowest BCUT2D eigenvalue weighted by Gasteiger charge is -2.21. The van der Waals surface area contributed by atoms with E-state index in [1.807, 2.05) is 24.3 Å². The van der Waals surface area contributed by atoms with Crippen molar-refractivity contribution >= 4 is 29.2 Å². The average Bonchev–Trinajstić information content (AvgIpc) is 3.08. The number of benzene rings is 1. The number of carbonyl (C=O) groups is 3. The number of rotatable bonds is 6. The molecule has 156 valence electrons. The number of nitrogens with zero attached hydrogens (tertiary/aromatic N) is 1. The van der Waals surface area contributed by atoms with Crippen molar-refractivity contribution in [2.24, 2.45) is 0 Å². The van der Waals surface area contributed by atoms with E-state index in [4.69, 9.17) is 9.47 Å². The fraction of sp³-hybridized carbons (Fsp3) is 0.400. The Kier molecular flexibility index (Phi) is 7.33. The van der Waals surface area contributed by atoms with Crippen molar-refractivity contribution in [1.82, 2.24) is 15.6 Å². The van der Waals surface area contributed by atoms with Crippen LogP contribution in [0, 0.1) is 0 Å². The van der Waals surface area contributed by atoms with Crippen LogP contribution in [0.5, 0.6) is 5.75 Å². The van der Waals surface area contributed by atoms with E-state index in [2.05, 4.69) is 15.6 Å². The fourth-order valence-corrected chi connectivity index (χ4v) is 3.11. The summed E-state index contributed by atoms with van der Waals surface area (Å²) in [5.41, 5.74) is 0.966. The number of carbonyl (C=O) groups excluding carboxylic acids is 3. The van der Waals surface area contributed by atoms with E-state index in [1.54, 1.807) is 33.3 Å². The number of methoxy groups -OCH3 is 1. The van der Waals surface area contributed by atoms with Gasteiger partial charge in [-0.05, 0) is 52.0 Å². The molecule has 1 aromatic carbocycles. The molecular weight excluding hydrogens is 394 g/mol. The van der Waals surface area contributed by atoms with E-state index in [9.17, 15) is 14.4 Å². The third-order valence-corrected chi connectivity index (χ3v) is 4.56. The molecular formula is C20H25N3O5S. The number of ether oxygens (including phenoxy) is 2. The van der Waals surface area contributed by atoms with Gasteiger partial charge in [0.1, 0.15) is 10.8 Å². The van der Waals surface area contributed by atoms with Gasteiger partial charge in [0.25, 0.3) is 5.91 Å². The molecule has 2 N–H and O–H groups in total. The molecule has 0 bridgehead atoms. The fourth-order valence-electron chi connectivity index (χ4n) is 2.28. The quantitative estimate of drug-likeness (QED) is 0.697. The van der Waals surface area contributed by atoms with Crippen LogP contribution < -0.4 is 15.4 Å². The van der Waals surface area contributed by atoms with Crippen molar-refractivity contribution in [3.63, 3.8) is 0 Å². The van der Waals surface area contributed by atoms with E-state index in [0.29, 0.717) is 5.69 Å². The predicted molar refractivity (Wildman–Crippen MR) is 110 cm³/mol. The lowest BCUT2D eigenvalue weighted by atomic mass is 10.1. The minimum Gasteiger partial charge on any atom is -0.497 e. The van der Waals surface area contributed by atoms with E-state index in [-0.39, 0.29) is 6.42 Å². The second kappa shape index (κ2) is 9.51. The highest BCUT2D eigenvalue weighted by atomic mass is 32.1. The summed E-state index contributed by atoms with van der Waals surface area (Å²) >= 11 is 1.41. The second-order valence-corrected chi connectivity index (χ2v) is 8.23. The Bertz CT molecular complexity index is 871. The van der Waals surface area contributed by atoms with E-state index in [0.717, 1.165) is 16.3 Å². The van der Waals surface area contributed by atoms with Crippen molar-refractivity contribution in [3.05, 3.63) is 35.3 Å². The number of hydrogen-bond acceptors (Lipinski definition) is 7. The second-order valence-electron chi connectivity index (χ2n) is 7.37. The molecule has 3 amide bonds. The molecule has 0 saturated carbocycles. The molecule has 0 aliphatic carbocycles. The lowest BCUT2D eigenvalue weighted by Crippen LogP contribution is -2.50. The normalized spacial score (nSPS) is 12.0. The molecule has 0 aliphatic heterocycles. The zero-order chi connectivity index (χ0) is 21.6. The van der Waals surface area contributed by atoms with E-state index in [1.165, 1.54) is 18.3 Å². The highest BCUT2D eigenvalue weighted by Gasteiger charge is 2.22. The maximum absolute atomic E-state index is 12.1. The summed E-state index contributed by atoms with van der Waals surface area (Å²) in [7, 11) is 1.60. The first-order valence-corrected chi connectivity index (χ1v) is 9.86. The van der Waals surface area contributed by atoms with Gasteiger partial charge < -0.3 is 14.8 Å². The zero-order valence-corrected chi connectivity index (χ0v) is 17.9. The van der Waals surface area contributed by atoms with Crippen LogP contribution in [0.3, 0.4) is 0 Å². The van der Waals surface area contributed by atoms with Crippen LogP contribution in [0.25, 0.3) is 10.6 Å². The van der Waals surface area contributed by atoms with Crippen LogP contribution in [0.2, 0.25) is 0 Å². The van der Waals surface area contributed by atoms with Gasteiger partial charge in [0, 0.05) is 16.5 Å². The highest BCUT2D eigenvalue weighted by molar-refractivity contribution is 7.13. The molecule has 1 heterocycles. The van der Waals surface area contributed by atoms with Gasteiger partial charge in [0.2, 0.25) is 0 Å². The first-order valence-electron chi connectivity index (χ1n) is 8.98. The summed E-state index contributed by atoms with van der Waals surface area (Å²) in [5.74, 6) is -0.551. The molecule has 8 nitrogen and oxygen atoms in total. The number of amides is 3. The number of urea groups is 1. The maximum atomic E-state index is 12.1. The molecule has 0 aliphatic rings. The van der Waals surface area contributed by atoms with Gasteiger partial charge in [0.15, 0.2) is 6.10 Å². The molecule has 0 radical (unpaired) electrons. The molecule has 29 heavy (non-hydrogen) atoms. The van der Waals surface area contributed by atoms with Gasteiger partial charge >= 0.3 is 12.0 Å². The molecule has 0 unspecified atom stereocenters. The van der Waals surface area contributed by atoms with Gasteiger partial charge in [-0.15, -0.1) is 11.3 Å². The summed E-state index contributed by atoms with van der Waals surface area (Å²) in [5, 5.41) is 7.28. The Labute approximate surface area is 173 Å². The molecule has 2 rings (SSSR count). The van der Waals surface area contributed by atoms with Gasteiger partial charge in [-0.1, -0.05) is 0 Å². The Morgan fingerprint density at radius 2 is 1.83 bits per heavy atom. The smallest absolute Gasteiger partial charge is 0.321 e. The molecule has 1 atom stereocenters. The van der Waals surface area contributed by atoms with Crippen molar-refractivity contribution in [3.8, 4) is 16.3 Å². The topological polar surface area (TPSA) is 107 Å². The van der Waals surface area contributed by atoms with Gasteiger partial charge in [-0.3, -0.25) is 14.9 Å². The Morgan fingerprint density at radius 1 is 1.17 bits per heavy atom. The molecule has 0 spiro atoms. The van der Waals surface area contributed by atoms with E-state index >= 15 is 0 Å². The summed E-state index contributed by atoms with van der Waals surface area (Å²) < 4.78 is 10.2. The van der Waals surface area contributed by atoms with Crippen LogP contribution in [0.4, 0.5) is 4.79 Å². The van der Waals surface area contributed by atoms with Crippen LogP contribution in [0.1, 0.15) is 33.4 Å². The Hall–Kier alpha value is -2.94. The van der Waals surface area contributed by atoms with Crippen molar-refractivity contribution < 1.29 is 23.9 Å². The molecule has 9 heteroatoms. The number of aromatic nitrogens is 1. The summed E-state index contributed by atoms with van der Waals surface area (Å²) in [6.07, 6.45) is -1.17. The molecule has 0 saturated heterocycles. The first-order chi connectivity index (χ1) is 13.6. The zero-order valence-electron chi connectivity index (χ0n) is 17.1. The number of esters is 1. The molecule has 1 aromatic heterocycles. The molecule has 2 aromatic rings. The third kappa shape index (κ3) is 7.19. The highest BCUT2D eigenvalue weighted by Crippen LogP contribution is 2.26. The molecule has 0 fully saturated rings. The SMILES string of the molecule is COc1ccc(-c2nc(CC(=O)O[C@@H](C)C(=O)NC(=O)NC(C)(C)C)cs2)cc1. The number of nitrogens with one attached hydrogen (secondary N) is 2. The van der Waals surface area contributed by atoms with Crippen LogP contribution in [-0.4, -0.2) is 41.6 Å². The minimum atomic E-state index is -1.10. The van der Waals surface area contributed by atoms with Gasteiger partial charge in [-0.2, -0.15) is 0 Å². The largest absolute Gasteiger partial charge is 0.497 e. The number of thiazole rings is 1. The maximum Gasteiger partial charge on any atom is 0.321 e. The van der Waals surface area contributed by atoms with Crippen LogP contribution in [0.15, 0.2) is 29.6 Å². The number of hydrogen-bond donors (Lipinski definition) is 2. The third-order valence-electron chi connectivity index (χ3n) is 3.62. The Balaban J connectivity index is 1.87. The number of imide groups is 1. The lowest BCUT2D eigenvalue weighted by molar-refractivity contribution is -0.153. The first kappa shape index (κ1) is 22.4. The van der Waals surface area contributed by atoms with Crippen LogP contribution >= 0.6 is 11.3 Å². The average molecular weight is 420 g/mol. The summed E-state index contributed by atoms with van der Waals surface area (Å²) in [6, 6.07) is 6.79. The Morgan fingerprint density at radius 3 is 2.41 bits per heavy atom. The minimum absolute atomic E-state index is 0.0710. The predicted octanol–water partition coefficient (Wildman–Crippen LogP) is 2.92. The van der Waals surface area contributed by atoms with Crippen molar-refractivity contribution in [1.29, 1.82) is 0 Å².